The summed E-state index contributed by atoms with van der Waals surface area (Å²) in [5.41, 5.74) is 0. The normalized spacial score (nSPS) is 14.1. The highest BCUT2D eigenvalue weighted by Crippen LogP contribution is 1.97. The second-order valence-electron chi connectivity index (χ2n) is 1.59. The third kappa shape index (κ3) is 2.70. The topological polar surface area (TPSA) is 88.5 Å². The molecule has 0 aliphatic carbocycles. The fraction of sp³-hybridized carbons (Fsp3) is 0.500. The predicted molar refractivity (Wildman–Crippen MR) is 32.1 cm³/mol. The molecule has 0 aliphatic heterocycles. The average molecular weight is 166 g/mol. The molecule has 0 aromatic heterocycles. The van der Waals surface area contributed by atoms with Crippen LogP contribution >= 0.6 is 0 Å². The van der Waals surface area contributed by atoms with Crippen molar-refractivity contribution < 1.29 is 22.6 Å². The molecule has 6 heteroatoms. The Bertz CT molecular complexity index is 216. The van der Waals surface area contributed by atoms with E-state index in [1.165, 1.54) is 0 Å². The number of carbonyl (C=O) groups excluding carboxylic acids is 2. The highest BCUT2D eigenvalue weighted by Gasteiger charge is 2.20. The van der Waals surface area contributed by atoms with E-state index in [-0.39, 0.29) is 12.6 Å². The molecule has 0 aromatic carbocycles. The second-order valence-corrected chi connectivity index (χ2v) is 3.23. The monoisotopic (exact) mass is 166 g/mol. The summed E-state index contributed by atoms with van der Waals surface area (Å²) < 4.78 is 28.4. The van der Waals surface area contributed by atoms with Crippen molar-refractivity contribution in [1.82, 2.24) is 0 Å². The Hall–Kier alpha value is -0.750. The Morgan fingerprint density at radius 2 is 1.90 bits per heavy atom. The SMILES string of the molecule is O=CCC(C=O)S(=O)(=O)O. The zero-order valence-corrected chi connectivity index (χ0v) is 5.74. The molecule has 1 unspecified atom stereocenters. The third-order valence-electron chi connectivity index (χ3n) is 0.863. The lowest BCUT2D eigenvalue weighted by atomic mass is 10.4. The molecule has 0 spiro atoms. The zero-order valence-electron chi connectivity index (χ0n) is 4.93. The first-order valence-corrected chi connectivity index (χ1v) is 3.88. The standard InChI is InChI=1S/C4H6O5S/c5-2-1-4(3-6)10(7,8)9/h2-4H,1H2,(H,7,8,9). The fourth-order valence-corrected chi connectivity index (χ4v) is 0.804. The van der Waals surface area contributed by atoms with Crippen LogP contribution in [0.15, 0.2) is 0 Å². The molecule has 0 saturated heterocycles. The Balaban J connectivity index is 4.36. The molecule has 0 aliphatic rings. The average Bonchev–Trinajstić information content (AvgIpc) is 1.80. The van der Waals surface area contributed by atoms with E-state index in [1.807, 2.05) is 0 Å². The minimum absolute atomic E-state index is 0.0176. The summed E-state index contributed by atoms with van der Waals surface area (Å²) in [5.74, 6) is 0. The van der Waals surface area contributed by atoms with Crippen LogP contribution in [0.2, 0.25) is 0 Å². The summed E-state index contributed by atoms with van der Waals surface area (Å²) in [5, 5.41) is -1.61. The van der Waals surface area contributed by atoms with Crippen LogP contribution in [-0.2, 0) is 19.7 Å². The number of rotatable bonds is 4. The Morgan fingerprint density at radius 1 is 1.40 bits per heavy atom. The zero-order chi connectivity index (χ0) is 8.20. The smallest absolute Gasteiger partial charge is 0.275 e. The maximum absolute atomic E-state index is 10.1. The van der Waals surface area contributed by atoms with Gasteiger partial charge in [0.15, 0.2) is 0 Å². The van der Waals surface area contributed by atoms with E-state index in [0.717, 1.165) is 0 Å². The van der Waals surface area contributed by atoms with Crippen LogP contribution in [0.4, 0.5) is 0 Å². The summed E-state index contributed by atoms with van der Waals surface area (Å²) in [6.45, 7) is 0. The molecule has 0 aromatic rings. The van der Waals surface area contributed by atoms with Crippen molar-refractivity contribution in [3.8, 4) is 0 Å². The Kier molecular flexibility index (Phi) is 3.17. The van der Waals surface area contributed by atoms with E-state index in [9.17, 15) is 18.0 Å². The number of hydrogen-bond acceptors (Lipinski definition) is 4. The molecule has 58 valence electrons. The summed E-state index contributed by atoms with van der Waals surface area (Å²) in [7, 11) is -4.38. The lowest BCUT2D eigenvalue weighted by Gasteiger charge is -1.98. The summed E-state index contributed by atoms with van der Waals surface area (Å²) >= 11 is 0. The molecule has 0 saturated carbocycles. The third-order valence-corrected chi connectivity index (χ3v) is 1.93. The molecule has 0 rings (SSSR count). The number of aldehydes is 2. The van der Waals surface area contributed by atoms with Gasteiger partial charge in [0.25, 0.3) is 10.1 Å². The summed E-state index contributed by atoms with van der Waals surface area (Å²) in [6, 6.07) is 0. The van der Waals surface area contributed by atoms with Crippen molar-refractivity contribution in [2.24, 2.45) is 0 Å². The van der Waals surface area contributed by atoms with Crippen LogP contribution in [0.5, 0.6) is 0 Å². The number of carbonyl (C=O) groups is 2. The second kappa shape index (κ2) is 3.43. The van der Waals surface area contributed by atoms with Crippen molar-refractivity contribution in [2.45, 2.75) is 11.7 Å². The molecule has 0 radical (unpaired) electrons. The van der Waals surface area contributed by atoms with E-state index in [1.54, 1.807) is 0 Å². The van der Waals surface area contributed by atoms with E-state index >= 15 is 0 Å². The van der Waals surface area contributed by atoms with Gasteiger partial charge in [-0.25, -0.2) is 0 Å². The van der Waals surface area contributed by atoms with Gasteiger partial charge in [-0.15, -0.1) is 0 Å². The highest BCUT2D eigenvalue weighted by atomic mass is 32.2. The highest BCUT2D eigenvalue weighted by molar-refractivity contribution is 7.87. The minimum atomic E-state index is -4.38. The maximum atomic E-state index is 10.1. The Labute approximate surface area is 57.8 Å². The van der Waals surface area contributed by atoms with Crippen LogP contribution in [0.3, 0.4) is 0 Å². The first-order chi connectivity index (χ1) is 4.52. The van der Waals surface area contributed by atoms with Crippen molar-refractivity contribution >= 4 is 22.7 Å². The van der Waals surface area contributed by atoms with Crippen molar-refractivity contribution in [1.29, 1.82) is 0 Å². The fourth-order valence-electron chi connectivity index (χ4n) is 0.342. The van der Waals surface area contributed by atoms with Crippen molar-refractivity contribution in [3.63, 3.8) is 0 Å². The van der Waals surface area contributed by atoms with Crippen LogP contribution in [-0.4, -0.2) is 30.8 Å². The van der Waals surface area contributed by atoms with E-state index < -0.39 is 21.8 Å². The summed E-state index contributed by atoms with van der Waals surface area (Å²) in [4.78, 5) is 19.5. The van der Waals surface area contributed by atoms with E-state index in [0.29, 0.717) is 0 Å². The molecule has 0 amide bonds. The Morgan fingerprint density at radius 3 is 2.00 bits per heavy atom. The maximum Gasteiger partial charge on any atom is 0.275 e. The molecule has 0 fully saturated rings. The van der Waals surface area contributed by atoms with Crippen LogP contribution in [0.25, 0.3) is 0 Å². The molecule has 0 heterocycles. The van der Waals surface area contributed by atoms with Gasteiger partial charge in [-0.1, -0.05) is 0 Å². The van der Waals surface area contributed by atoms with Gasteiger partial charge in [0.05, 0.1) is 0 Å². The summed E-state index contributed by atoms with van der Waals surface area (Å²) in [6.07, 6.45) is -0.223. The largest absolute Gasteiger partial charge is 0.303 e. The van der Waals surface area contributed by atoms with Gasteiger partial charge in [-0.2, -0.15) is 8.42 Å². The lowest BCUT2D eigenvalue weighted by Crippen LogP contribution is -2.22. The van der Waals surface area contributed by atoms with Gasteiger partial charge in [-0.05, 0) is 0 Å². The molecular weight excluding hydrogens is 160 g/mol. The number of hydrogen-bond donors (Lipinski definition) is 1. The molecule has 10 heavy (non-hydrogen) atoms. The van der Waals surface area contributed by atoms with Gasteiger partial charge in [0, 0.05) is 6.42 Å². The van der Waals surface area contributed by atoms with Gasteiger partial charge < -0.3 is 9.59 Å². The lowest BCUT2D eigenvalue weighted by molar-refractivity contribution is -0.112. The van der Waals surface area contributed by atoms with Crippen molar-refractivity contribution in [2.75, 3.05) is 0 Å². The minimum Gasteiger partial charge on any atom is -0.303 e. The van der Waals surface area contributed by atoms with Gasteiger partial charge >= 0.3 is 0 Å². The van der Waals surface area contributed by atoms with Crippen LogP contribution in [0.1, 0.15) is 6.42 Å². The van der Waals surface area contributed by atoms with Gasteiger partial charge in [0.1, 0.15) is 17.8 Å². The van der Waals surface area contributed by atoms with E-state index in [2.05, 4.69) is 0 Å². The first-order valence-electron chi connectivity index (χ1n) is 2.37. The molecule has 1 N–H and O–H groups in total. The first kappa shape index (κ1) is 9.25. The quantitative estimate of drug-likeness (QED) is 0.428. The van der Waals surface area contributed by atoms with E-state index in [4.69, 9.17) is 4.55 Å². The predicted octanol–water partition coefficient (Wildman–Crippen LogP) is -0.969. The molecular formula is C4H6O5S. The molecule has 1 atom stereocenters. The van der Waals surface area contributed by atoms with Gasteiger partial charge in [0.2, 0.25) is 0 Å². The van der Waals surface area contributed by atoms with Gasteiger partial charge in [-0.3, -0.25) is 4.55 Å². The van der Waals surface area contributed by atoms with Crippen molar-refractivity contribution in [3.05, 3.63) is 0 Å². The van der Waals surface area contributed by atoms with Crippen LogP contribution < -0.4 is 0 Å². The van der Waals surface area contributed by atoms with Crippen LogP contribution in [0, 0.1) is 0 Å². The molecule has 0 bridgehead atoms. The molecule has 5 nitrogen and oxygen atoms in total.